The van der Waals surface area contributed by atoms with E-state index in [0.717, 1.165) is 0 Å². The fraction of sp³-hybridized carbons (Fsp3) is 0. The molecule has 6 heteroatoms. The number of hydrogen-bond donors (Lipinski definition) is 2. The van der Waals surface area contributed by atoms with Gasteiger partial charge in [0.05, 0.1) is 0 Å². The summed E-state index contributed by atoms with van der Waals surface area (Å²) in [5.41, 5.74) is 11.0. The molecule has 0 radical (unpaired) electrons. The van der Waals surface area contributed by atoms with Crippen LogP contribution in [0.3, 0.4) is 0 Å². The van der Waals surface area contributed by atoms with Crippen LogP contribution in [0.1, 0.15) is 10.4 Å². The Hall–Kier alpha value is -2.63. The van der Waals surface area contributed by atoms with Crippen molar-refractivity contribution in [3.63, 3.8) is 0 Å². The van der Waals surface area contributed by atoms with E-state index in [1.807, 2.05) is 6.07 Å². The third kappa shape index (κ3) is 2.31. The maximum absolute atomic E-state index is 12.1. The monoisotopic (exact) mass is 229 g/mol. The topological polar surface area (TPSA) is 99.3 Å². The molecule has 17 heavy (non-hydrogen) atoms. The molecule has 0 saturated carbocycles. The van der Waals surface area contributed by atoms with Crippen LogP contribution in [0.15, 0.2) is 47.7 Å². The number of aliphatic imine (C=N–C) groups is 1. The first-order valence-electron chi connectivity index (χ1n) is 4.91. The third-order valence-electron chi connectivity index (χ3n) is 2.09. The highest BCUT2D eigenvalue weighted by molar-refractivity contribution is 5.97. The first-order chi connectivity index (χ1) is 8.18. The smallest absolute Gasteiger partial charge is 0.264 e. The lowest BCUT2D eigenvalue weighted by atomic mass is 10.2. The van der Waals surface area contributed by atoms with Gasteiger partial charge in [0.25, 0.3) is 5.91 Å². The molecule has 4 N–H and O–H groups in total. The summed E-state index contributed by atoms with van der Waals surface area (Å²) < 4.78 is 1.29. The van der Waals surface area contributed by atoms with Crippen molar-refractivity contribution in [2.75, 3.05) is 0 Å². The van der Waals surface area contributed by atoms with E-state index in [1.54, 1.807) is 24.3 Å². The van der Waals surface area contributed by atoms with Crippen LogP contribution >= 0.6 is 0 Å². The van der Waals surface area contributed by atoms with Crippen LogP contribution in [0.25, 0.3) is 0 Å². The molecule has 2 rings (SSSR count). The van der Waals surface area contributed by atoms with Crippen molar-refractivity contribution >= 4 is 17.8 Å². The molecular weight excluding hydrogens is 218 g/mol. The number of guanidine groups is 1. The number of imidazole rings is 1. The van der Waals surface area contributed by atoms with Crippen molar-refractivity contribution in [2.45, 2.75) is 0 Å². The lowest BCUT2D eigenvalue weighted by Crippen LogP contribution is -2.22. The van der Waals surface area contributed by atoms with Gasteiger partial charge in [-0.05, 0) is 12.1 Å². The highest BCUT2D eigenvalue weighted by atomic mass is 16.2. The molecule has 0 aliphatic carbocycles. The van der Waals surface area contributed by atoms with E-state index < -0.39 is 0 Å². The van der Waals surface area contributed by atoms with Crippen LogP contribution in [-0.4, -0.2) is 21.4 Å². The van der Waals surface area contributed by atoms with Crippen molar-refractivity contribution in [3.8, 4) is 0 Å². The Labute approximate surface area is 97.6 Å². The number of rotatable bonds is 2. The molecule has 1 heterocycles. The van der Waals surface area contributed by atoms with Crippen molar-refractivity contribution < 1.29 is 4.79 Å². The summed E-state index contributed by atoms with van der Waals surface area (Å²) >= 11 is 0. The van der Waals surface area contributed by atoms with Crippen LogP contribution in [0, 0.1) is 0 Å². The van der Waals surface area contributed by atoms with Gasteiger partial charge in [0.1, 0.15) is 0 Å². The molecule has 1 aromatic heterocycles. The average Bonchev–Trinajstić information content (AvgIpc) is 2.76. The number of nitrogens with two attached hydrogens (primary N) is 2. The minimum absolute atomic E-state index is 0.140. The molecular formula is C11H11N5O. The van der Waals surface area contributed by atoms with Crippen molar-refractivity contribution in [1.82, 2.24) is 9.55 Å². The minimum Gasteiger partial charge on any atom is -0.370 e. The van der Waals surface area contributed by atoms with Gasteiger partial charge >= 0.3 is 0 Å². The van der Waals surface area contributed by atoms with E-state index in [1.165, 1.54) is 17.0 Å². The summed E-state index contributed by atoms with van der Waals surface area (Å²) in [5.74, 6) is -0.208. The summed E-state index contributed by atoms with van der Waals surface area (Å²) in [6, 6.07) is 8.82. The molecule has 0 aliphatic heterocycles. The predicted molar refractivity (Wildman–Crippen MR) is 63.9 cm³/mol. The highest BCUT2D eigenvalue weighted by Gasteiger charge is 2.11. The van der Waals surface area contributed by atoms with Crippen molar-refractivity contribution in [2.24, 2.45) is 16.5 Å². The van der Waals surface area contributed by atoms with Gasteiger partial charge in [0, 0.05) is 18.0 Å². The molecule has 2 aromatic rings. The Kier molecular flexibility index (Phi) is 2.87. The maximum atomic E-state index is 12.1. The van der Waals surface area contributed by atoms with Crippen molar-refractivity contribution in [1.29, 1.82) is 0 Å². The van der Waals surface area contributed by atoms with E-state index in [9.17, 15) is 4.79 Å². The molecule has 6 nitrogen and oxygen atoms in total. The number of aromatic nitrogens is 2. The molecule has 0 saturated heterocycles. The maximum Gasteiger partial charge on any atom is 0.264 e. The van der Waals surface area contributed by atoms with Gasteiger partial charge in [0.2, 0.25) is 5.95 Å². The fourth-order valence-electron chi connectivity index (χ4n) is 1.37. The van der Waals surface area contributed by atoms with Crippen LogP contribution in [0.2, 0.25) is 0 Å². The quantitative estimate of drug-likeness (QED) is 0.577. The van der Waals surface area contributed by atoms with Gasteiger partial charge in [-0.1, -0.05) is 18.2 Å². The van der Waals surface area contributed by atoms with E-state index in [0.29, 0.717) is 5.56 Å². The standard InChI is InChI=1S/C11H11N5O/c12-10(13)15-11-14-6-7-16(11)9(17)8-4-2-1-3-5-8/h1-7H,(H4,12,13,14,15). The zero-order valence-electron chi connectivity index (χ0n) is 8.95. The molecule has 0 atom stereocenters. The first-order valence-corrected chi connectivity index (χ1v) is 4.91. The summed E-state index contributed by atoms with van der Waals surface area (Å²) in [4.78, 5) is 19.7. The Morgan fingerprint density at radius 1 is 1.24 bits per heavy atom. The van der Waals surface area contributed by atoms with Gasteiger partial charge in [0.15, 0.2) is 5.96 Å². The number of hydrogen-bond acceptors (Lipinski definition) is 3. The zero-order chi connectivity index (χ0) is 12.3. The first kappa shape index (κ1) is 10.9. The molecule has 0 spiro atoms. The molecule has 86 valence electrons. The third-order valence-corrected chi connectivity index (χ3v) is 2.09. The normalized spacial score (nSPS) is 9.88. The summed E-state index contributed by atoms with van der Waals surface area (Å²) in [5, 5.41) is 0. The Morgan fingerprint density at radius 3 is 2.59 bits per heavy atom. The lowest BCUT2D eigenvalue weighted by Gasteiger charge is -2.03. The minimum atomic E-state index is -0.233. The molecule has 0 fully saturated rings. The number of carbonyl (C=O) groups is 1. The van der Waals surface area contributed by atoms with Crippen LogP contribution < -0.4 is 11.5 Å². The average molecular weight is 229 g/mol. The Balaban J connectivity index is 2.39. The summed E-state index contributed by atoms with van der Waals surface area (Å²) in [6.45, 7) is 0. The van der Waals surface area contributed by atoms with E-state index in [4.69, 9.17) is 11.5 Å². The summed E-state index contributed by atoms with van der Waals surface area (Å²) in [6.07, 6.45) is 2.97. The van der Waals surface area contributed by atoms with E-state index in [2.05, 4.69) is 9.98 Å². The summed E-state index contributed by atoms with van der Waals surface area (Å²) in [7, 11) is 0. The highest BCUT2D eigenvalue weighted by Crippen LogP contribution is 2.11. The Morgan fingerprint density at radius 2 is 1.94 bits per heavy atom. The molecule has 0 amide bonds. The number of benzene rings is 1. The van der Waals surface area contributed by atoms with Crippen LogP contribution in [0.5, 0.6) is 0 Å². The second kappa shape index (κ2) is 4.48. The fourth-order valence-corrected chi connectivity index (χ4v) is 1.37. The van der Waals surface area contributed by atoms with Gasteiger partial charge in [-0.3, -0.25) is 4.79 Å². The Bertz CT molecular complexity index is 554. The van der Waals surface area contributed by atoms with Gasteiger partial charge in [-0.25, -0.2) is 9.55 Å². The SMILES string of the molecule is NC(N)=Nc1nccn1C(=O)c1ccccc1. The molecule has 0 unspecified atom stereocenters. The van der Waals surface area contributed by atoms with E-state index >= 15 is 0 Å². The largest absolute Gasteiger partial charge is 0.370 e. The molecule has 0 bridgehead atoms. The van der Waals surface area contributed by atoms with Crippen LogP contribution in [0.4, 0.5) is 5.95 Å². The molecule has 0 aliphatic rings. The van der Waals surface area contributed by atoms with E-state index in [-0.39, 0.29) is 17.8 Å². The molecule has 1 aromatic carbocycles. The second-order valence-corrected chi connectivity index (χ2v) is 3.31. The van der Waals surface area contributed by atoms with Crippen LogP contribution in [-0.2, 0) is 0 Å². The van der Waals surface area contributed by atoms with Gasteiger partial charge in [-0.2, -0.15) is 4.99 Å². The van der Waals surface area contributed by atoms with Gasteiger partial charge < -0.3 is 11.5 Å². The second-order valence-electron chi connectivity index (χ2n) is 3.31. The number of carbonyl (C=O) groups excluding carboxylic acids is 1. The lowest BCUT2D eigenvalue weighted by molar-refractivity contribution is 0.0962. The van der Waals surface area contributed by atoms with Crippen molar-refractivity contribution in [3.05, 3.63) is 48.3 Å². The number of nitrogens with zero attached hydrogens (tertiary/aromatic N) is 3. The zero-order valence-corrected chi connectivity index (χ0v) is 8.95. The van der Waals surface area contributed by atoms with Gasteiger partial charge in [-0.15, -0.1) is 0 Å². The predicted octanol–water partition coefficient (Wildman–Crippen LogP) is 0.476.